The van der Waals surface area contributed by atoms with E-state index in [1.807, 2.05) is 12.1 Å². The van der Waals surface area contributed by atoms with Crippen LogP contribution < -0.4 is 5.32 Å². The Bertz CT molecular complexity index is 715. The van der Waals surface area contributed by atoms with Crippen molar-refractivity contribution in [1.29, 1.82) is 0 Å². The van der Waals surface area contributed by atoms with Crippen molar-refractivity contribution < 1.29 is 14.7 Å². The monoisotopic (exact) mass is 363 g/mol. The third kappa shape index (κ3) is 6.58. The van der Waals surface area contributed by atoms with Crippen LogP contribution in [0.25, 0.3) is 5.69 Å². The average Bonchev–Trinajstić information content (AvgIpc) is 3.07. The van der Waals surface area contributed by atoms with E-state index in [9.17, 15) is 9.59 Å². The highest BCUT2D eigenvalue weighted by atomic mass is 35.5. The lowest BCUT2D eigenvalue weighted by molar-refractivity contribution is -0.137. The molecule has 1 aromatic heterocycles. The van der Waals surface area contributed by atoms with Gasteiger partial charge in [0.05, 0.1) is 5.69 Å². The molecule has 0 fully saturated rings. The number of hydrogen-bond acceptors (Lipinski definition) is 3. The van der Waals surface area contributed by atoms with Crippen molar-refractivity contribution in [2.75, 3.05) is 6.54 Å². The second kappa shape index (κ2) is 9.84. The van der Waals surface area contributed by atoms with Crippen LogP contribution in [0.3, 0.4) is 0 Å². The fourth-order valence-electron chi connectivity index (χ4n) is 2.43. The van der Waals surface area contributed by atoms with Gasteiger partial charge in [-0.2, -0.15) is 5.10 Å². The number of amides is 1. The zero-order chi connectivity index (χ0) is 18.1. The maximum Gasteiger partial charge on any atom is 0.303 e. The molecule has 7 heteroatoms. The fraction of sp³-hybridized carbons (Fsp3) is 0.389. The van der Waals surface area contributed by atoms with Gasteiger partial charge in [0.15, 0.2) is 5.69 Å². The summed E-state index contributed by atoms with van der Waals surface area (Å²) in [5.41, 5.74) is 1.16. The van der Waals surface area contributed by atoms with E-state index < -0.39 is 5.97 Å². The van der Waals surface area contributed by atoms with Crippen molar-refractivity contribution in [3.8, 4) is 5.69 Å². The molecule has 0 spiro atoms. The molecular weight excluding hydrogens is 342 g/mol. The van der Waals surface area contributed by atoms with Crippen LogP contribution in [-0.2, 0) is 4.79 Å². The van der Waals surface area contributed by atoms with Gasteiger partial charge < -0.3 is 10.4 Å². The Hall–Kier alpha value is -2.34. The normalized spacial score (nSPS) is 10.6. The molecule has 0 aliphatic rings. The van der Waals surface area contributed by atoms with Gasteiger partial charge in [-0.25, -0.2) is 4.68 Å². The molecule has 0 aliphatic heterocycles. The number of rotatable bonds is 10. The number of aromatic nitrogens is 2. The van der Waals surface area contributed by atoms with Gasteiger partial charge in [-0.15, -0.1) is 0 Å². The van der Waals surface area contributed by atoms with Gasteiger partial charge in [0.1, 0.15) is 0 Å². The summed E-state index contributed by atoms with van der Waals surface area (Å²) in [6.45, 7) is 0.585. The topological polar surface area (TPSA) is 84.2 Å². The number of halogens is 1. The van der Waals surface area contributed by atoms with Crippen molar-refractivity contribution in [3.63, 3.8) is 0 Å². The average molecular weight is 364 g/mol. The molecule has 1 amide bonds. The molecule has 1 aromatic carbocycles. The molecule has 25 heavy (non-hydrogen) atoms. The highest BCUT2D eigenvalue weighted by Crippen LogP contribution is 2.14. The summed E-state index contributed by atoms with van der Waals surface area (Å²) in [7, 11) is 0. The highest BCUT2D eigenvalue weighted by molar-refractivity contribution is 6.30. The summed E-state index contributed by atoms with van der Waals surface area (Å²) in [6.07, 6.45) is 6.39. The molecule has 134 valence electrons. The second-order valence-electron chi connectivity index (χ2n) is 5.79. The van der Waals surface area contributed by atoms with E-state index in [0.29, 0.717) is 23.7 Å². The number of carbonyl (C=O) groups is 2. The largest absolute Gasteiger partial charge is 0.481 e. The molecule has 2 rings (SSSR count). The highest BCUT2D eigenvalue weighted by Gasteiger charge is 2.09. The van der Waals surface area contributed by atoms with E-state index in [-0.39, 0.29) is 12.3 Å². The Morgan fingerprint density at radius 1 is 1.12 bits per heavy atom. The lowest BCUT2D eigenvalue weighted by atomic mass is 10.1. The van der Waals surface area contributed by atoms with Gasteiger partial charge in [0.2, 0.25) is 0 Å². The Kier molecular flexibility index (Phi) is 7.47. The van der Waals surface area contributed by atoms with Crippen LogP contribution in [0.2, 0.25) is 5.02 Å². The van der Waals surface area contributed by atoms with Crippen molar-refractivity contribution >= 4 is 23.5 Å². The molecule has 0 saturated carbocycles. The Morgan fingerprint density at radius 2 is 1.88 bits per heavy atom. The number of hydrogen-bond donors (Lipinski definition) is 2. The fourth-order valence-corrected chi connectivity index (χ4v) is 2.62. The first-order chi connectivity index (χ1) is 12.1. The minimum Gasteiger partial charge on any atom is -0.481 e. The zero-order valence-corrected chi connectivity index (χ0v) is 14.7. The Labute approximate surface area is 151 Å². The number of aliphatic carboxylic acids is 1. The Morgan fingerprint density at radius 3 is 2.64 bits per heavy atom. The summed E-state index contributed by atoms with van der Waals surface area (Å²) in [5, 5.41) is 16.3. The van der Waals surface area contributed by atoms with Gasteiger partial charge in [-0.05, 0) is 37.1 Å². The SMILES string of the molecule is O=C(O)CCCCCCCNC(=O)c1ccn(-c2cccc(Cl)c2)n1. The van der Waals surface area contributed by atoms with Gasteiger partial charge in [0.25, 0.3) is 5.91 Å². The first-order valence-corrected chi connectivity index (χ1v) is 8.75. The third-order valence-corrected chi connectivity index (χ3v) is 3.98. The maximum absolute atomic E-state index is 12.1. The molecule has 0 bridgehead atoms. The lowest BCUT2D eigenvalue weighted by Crippen LogP contribution is -2.25. The van der Waals surface area contributed by atoms with Crippen molar-refractivity contribution in [2.45, 2.75) is 38.5 Å². The number of nitrogens with one attached hydrogen (secondary N) is 1. The zero-order valence-electron chi connectivity index (χ0n) is 13.9. The number of benzene rings is 1. The second-order valence-corrected chi connectivity index (χ2v) is 6.23. The minimum absolute atomic E-state index is 0.202. The molecule has 2 aromatic rings. The van der Waals surface area contributed by atoms with Crippen LogP contribution in [0, 0.1) is 0 Å². The van der Waals surface area contributed by atoms with Crippen molar-refractivity contribution in [3.05, 3.63) is 47.2 Å². The predicted molar refractivity (Wildman–Crippen MR) is 96.2 cm³/mol. The van der Waals surface area contributed by atoms with E-state index in [0.717, 1.165) is 31.4 Å². The standard InChI is InChI=1S/C18H22ClN3O3/c19-14-7-6-8-15(13-14)22-12-10-16(21-22)18(25)20-11-5-3-1-2-4-9-17(23)24/h6-8,10,12-13H,1-5,9,11H2,(H,20,25)(H,23,24). The number of carboxylic acid groups (broad SMARTS) is 1. The molecule has 0 radical (unpaired) electrons. The summed E-state index contributed by atoms with van der Waals surface area (Å²) >= 11 is 5.96. The summed E-state index contributed by atoms with van der Waals surface area (Å²) in [6, 6.07) is 8.92. The summed E-state index contributed by atoms with van der Waals surface area (Å²) in [5.74, 6) is -0.948. The van der Waals surface area contributed by atoms with Crippen LogP contribution in [0.1, 0.15) is 49.0 Å². The smallest absolute Gasteiger partial charge is 0.303 e. The van der Waals surface area contributed by atoms with E-state index in [1.54, 1.807) is 29.1 Å². The minimum atomic E-state index is -0.746. The van der Waals surface area contributed by atoms with Crippen LogP contribution in [0.4, 0.5) is 0 Å². The van der Waals surface area contributed by atoms with E-state index in [1.165, 1.54) is 0 Å². The first kappa shape index (κ1) is 19.0. The van der Waals surface area contributed by atoms with Crippen molar-refractivity contribution in [2.24, 2.45) is 0 Å². The molecule has 0 aliphatic carbocycles. The van der Waals surface area contributed by atoms with Crippen LogP contribution >= 0.6 is 11.6 Å². The van der Waals surface area contributed by atoms with Gasteiger partial charge in [-0.3, -0.25) is 9.59 Å². The molecule has 0 atom stereocenters. The third-order valence-electron chi connectivity index (χ3n) is 3.75. The van der Waals surface area contributed by atoms with Crippen LogP contribution in [0.5, 0.6) is 0 Å². The van der Waals surface area contributed by atoms with Gasteiger partial charge in [-0.1, -0.05) is 36.9 Å². The van der Waals surface area contributed by atoms with Gasteiger partial charge in [0, 0.05) is 24.2 Å². The van der Waals surface area contributed by atoms with E-state index in [4.69, 9.17) is 16.7 Å². The number of carbonyl (C=O) groups excluding carboxylic acids is 1. The number of nitrogens with zero attached hydrogens (tertiary/aromatic N) is 2. The summed E-state index contributed by atoms with van der Waals surface area (Å²) in [4.78, 5) is 22.5. The maximum atomic E-state index is 12.1. The van der Waals surface area contributed by atoms with Crippen LogP contribution in [-0.4, -0.2) is 33.3 Å². The van der Waals surface area contributed by atoms with Crippen molar-refractivity contribution in [1.82, 2.24) is 15.1 Å². The molecule has 6 nitrogen and oxygen atoms in total. The van der Waals surface area contributed by atoms with E-state index in [2.05, 4.69) is 10.4 Å². The number of carboxylic acids is 1. The molecule has 0 saturated heterocycles. The lowest BCUT2D eigenvalue weighted by Gasteiger charge is -2.04. The summed E-state index contributed by atoms with van der Waals surface area (Å²) < 4.78 is 1.61. The van der Waals surface area contributed by atoms with Gasteiger partial charge >= 0.3 is 5.97 Å². The number of unbranched alkanes of at least 4 members (excludes halogenated alkanes) is 4. The Balaban J connectivity index is 1.69. The quantitative estimate of drug-likeness (QED) is 0.630. The molecule has 2 N–H and O–H groups in total. The van der Waals surface area contributed by atoms with E-state index >= 15 is 0 Å². The predicted octanol–water partition coefficient (Wildman–Crippen LogP) is 3.68. The molecular formula is C18H22ClN3O3. The molecule has 0 unspecified atom stereocenters. The first-order valence-electron chi connectivity index (χ1n) is 8.38. The molecule has 1 heterocycles. The van der Waals surface area contributed by atoms with Crippen LogP contribution in [0.15, 0.2) is 36.5 Å².